The second-order valence-corrected chi connectivity index (χ2v) is 11.4. The average molecular weight is 439 g/mol. The number of hydrogen-bond donors (Lipinski definition) is 0. The normalized spacial score (nSPS) is 39.3. The molecule has 1 fully saturated rings. The van der Waals surface area contributed by atoms with Crippen molar-refractivity contribution in [3.63, 3.8) is 0 Å². The predicted molar refractivity (Wildman–Crippen MR) is 122 cm³/mol. The highest BCUT2D eigenvalue weighted by Crippen LogP contribution is 2.68. The molecular formula is C27H34O5. The van der Waals surface area contributed by atoms with E-state index in [1.165, 1.54) is 5.57 Å². The number of cyclic esters (lactones) is 1. The summed E-state index contributed by atoms with van der Waals surface area (Å²) in [5, 5.41) is 0. The van der Waals surface area contributed by atoms with Gasteiger partial charge >= 0.3 is 11.6 Å². The first-order valence-electron chi connectivity index (χ1n) is 11.8. The van der Waals surface area contributed by atoms with Crippen LogP contribution in [0.3, 0.4) is 0 Å². The molecule has 0 aromatic carbocycles. The van der Waals surface area contributed by atoms with E-state index in [0.717, 1.165) is 24.8 Å². The average Bonchev–Trinajstić information content (AvgIpc) is 3.08. The lowest BCUT2D eigenvalue weighted by atomic mass is 9.42. The molecule has 0 bridgehead atoms. The standard InChI is InChI=1S/C27H34O5/c1-15-8-9-20-25(6)12-11-21(28)31-24(4,5)19(25)10-13-26(20,7)27(15)14-18-22(32-27)16(2)17(3)30-23(18)29/h8,11-12,19-20H,9-10,13-14H2,1-7H3. The summed E-state index contributed by atoms with van der Waals surface area (Å²) in [7, 11) is 0. The van der Waals surface area contributed by atoms with Crippen molar-refractivity contribution in [2.24, 2.45) is 22.7 Å². The third-order valence-electron chi connectivity index (χ3n) is 9.56. The van der Waals surface area contributed by atoms with Crippen molar-refractivity contribution >= 4 is 5.97 Å². The number of esters is 1. The van der Waals surface area contributed by atoms with E-state index in [0.29, 0.717) is 23.5 Å². The van der Waals surface area contributed by atoms with Crippen LogP contribution in [-0.4, -0.2) is 17.2 Å². The van der Waals surface area contributed by atoms with E-state index in [-0.39, 0.29) is 34.3 Å². The molecule has 5 nitrogen and oxygen atoms in total. The Morgan fingerprint density at radius 1 is 1.00 bits per heavy atom. The molecule has 4 aliphatic rings. The molecule has 0 amide bonds. The maximum Gasteiger partial charge on any atom is 0.343 e. The van der Waals surface area contributed by atoms with Gasteiger partial charge in [0.2, 0.25) is 0 Å². The SMILES string of the molecule is CC1=CCC2C3(C)C=CC(=O)OC(C)(C)C3CCC2(C)C12Cc1c(c(C)c(C)oc1=O)O2. The smallest absolute Gasteiger partial charge is 0.343 e. The Morgan fingerprint density at radius 3 is 2.44 bits per heavy atom. The largest absolute Gasteiger partial charge is 0.481 e. The molecule has 3 heterocycles. The molecule has 0 radical (unpaired) electrons. The van der Waals surface area contributed by atoms with Gasteiger partial charge in [0.1, 0.15) is 22.7 Å². The van der Waals surface area contributed by atoms with Crippen LogP contribution in [0.5, 0.6) is 5.75 Å². The van der Waals surface area contributed by atoms with Gasteiger partial charge in [0.05, 0.1) is 5.56 Å². The molecule has 5 rings (SSSR count). The summed E-state index contributed by atoms with van der Waals surface area (Å²) in [6, 6.07) is 0. The van der Waals surface area contributed by atoms with E-state index >= 15 is 0 Å². The molecule has 0 saturated heterocycles. The van der Waals surface area contributed by atoms with E-state index < -0.39 is 11.2 Å². The first-order valence-corrected chi connectivity index (χ1v) is 11.8. The number of aryl methyl sites for hydroxylation is 1. The van der Waals surface area contributed by atoms with Gasteiger partial charge in [-0.1, -0.05) is 26.0 Å². The number of carbonyl (C=O) groups is 1. The Hall–Kier alpha value is -2.30. The van der Waals surface area contributed by atoms with Crippen LogP contribution in [0.25, 0.3) is 0 Å². The highest BCUT2D eigenvalue weighted by Gasteiger charge is 2.68. The van der Waals surface area contributed by atoms with Gasteiger partial charge in [0, 0.05) is 29.4 Å². The lowest BCUT2D eigenvalue weighted by Gasteiger charge is -2.63. The zero-order valence-corrected chi connectivity index (χ0v) is 20.3. The van der Waals surface area contributed by atoms with Crippen molar-refractivity contribution in [1.29, 1.82) is 0 Å². The molecule has 1 aromatic heterocycles. The van der Waals surface area contributed by atoms with Gasteiger partial charge in [-0.25, -0.2) is 9.59 Å². The van der Waals surface area contributed by atoms with Gasteiger partial charge in [0.25, 0.3) is 0 Å². The van der Waals surface area contributed by atoms with Crippen LogP contribution in [0, 0.1) is 36.5 Å². The van der Waals surface area contributed by atoms with E-state index in [1.807, 2.05) is 27.7 Å². The number of rotatable bonds is 0. The third-order valence-corrected chi connectivity index (χ3v) is 9.56. The quantitative estimate of drug-likeness (QED) is 0.411. The van der Waals surface area contributed by atoms with Crippen LogP contribution in [0.2, 0.25) is 0 Å². The molecule has 2 aliphatic carbocycles. The van der Waals surface area contributed by atoms with Crippen molar-refractivity contribution in [2.75, 3.05) is 0 Å². The lowest BCUT2D eigenvalue weighted by molar-refractivity contribution is -0.181. The molecule has 5 atom stereocenters. The molecule has 2 aliphatic heterocycles. The van der Waals surface area contributed by atoms with Gasteiger partial charge in [-0.2, -0.15) is 0 Å². The maximum atomic E-state index is 12.8. The molecule has 1 saturated carbocycles. The van der Waals surface area contributed by atoms with Crippen LogP contribution < -0.4 is 10.4 Å². The molecule has 1 aromatic rings. The molecule has 5 heteroatoms. The zero-order chi connectivity index (χ0) is 23.3. The van der Waals surface area contributed by atoms with Crippen LogP contribution >= 0.6 is 0 Å². The van der Waals surface area contributed by atoms with Gasteiger partial charge in [-0.05, 0) is 70.8 Å². The molecule has 172 valence electrons. The van der Waals surface area contributed by atoms with Gasteiger partial charge in [-0.15, -0.1) is 0 Å². The molecular weight excluding hydrogens is 404 g/mol. The Morgan fingerprint density at radius 2 is 1.72 bits per heavy atom. The summed E-state index contributed by atoms with van der Waals surface area (Å²) in [5.41, 5.74) is 0.887. The summed E-state index contributed by atoms with van der Waals surface area (Å²) < 4.78 is 18.3. The minimum Gasteiger partial charge on any atom is -0.481 e. The van der Waals surface area contributed by atoms with Crippen LogP contribution in [0.1, 0.15) is 70.8 Å². The van der Waals surface area contributed by atoms with Crippen molar-refractivity contribution in [3.8, 4) is 5.75 Å². The number of hydrogen-bond acceptors (Lipinski definition) is 5. The van der Waals surface area contributed by atoms with E-state index in [1.54, 1.807) is 6.08 Å². The van der Waals surface area contributed by atoms with Gasteiger partial charge in [0.15, 0.2) is 0 Å². The number of fused-ring (bicyclic) bond motifs is 5. The van der Waals surface area contributed by atoms with E-state index in [2.05, 4.69) is 32.9 Å². The fourth-order valence-corrected chi connectivity index (χ4v) is 7.75. The Labute approximate surface area is 189 Å². The van der Waals surface area contributed by atoms with Crippen molar-refractivity contribution in [3.05, 3.63) is 51.1 Å². The summed E-state index contributed by atoms with van der Waals surface area (Å²) >= 11 is 0. The summed E-state index contributed by atoms with van der Waals surface area (Å²) in [6.45, 7) is 14.6. The maximum absolute atomic E-state index is 12.8. The van der Waals surface area contributed by atoms with Gasteiger partial charge in [-0.3, -0.25) is 0 Å². The van der Waals surface area contributed by atoms with Crippen LogP contribution in [-0.2, 0) is 16.0 Å². The highest BCUT2D eigenvalue weighted by atomic mass is 16.6. The van der Waals surface area contributed by atoms with Crippen LogP contribution in [0.15, 0.2) is 33.0 Å². The number of allylic oxidation sites excluding steroid dienone is 2. The van der Waals surface area contributed by atoms with E-state index in [4.69, 9.17) is 13.9 Å². The van der Waals surface area contributed by atoms with E-state index in [9.17, 15) is 9.59 Å². The van der Waals surface area contributed by atoms with Crippen LogP contribution in [0.4, 0.5) is 0 Å². The number of carbonyl (C=O) groups excluding carboxylic acids is 1. The Kier molecular flexibility index (Phi) is 4.30. The summed E-state index contributed by atoms with van der Waals surface area (Å²) in [4.78, 5) is 25.2. The van der Waals surface area contributed by atoms with Crippen molar-refractivity contribution < 1.29 is 18.7 Å². The minimum absolute atomic E-state index is 0.206. The lowest BCUT2D eigenvalue weighted by Crippen LogP contribution is -2.65. The monoisotopic (exact) mass is 438 g/mol. The summed E-state index contributed by atoms with van der Waals surface area (Å²) in [5.74, 6) is 1.50. The fraction of sp³-hybridized carbons (Fsp3) is 0.630. The predicted octanol–water partition coefficient (Wildman–Crippen LogP) is 5.21. The van der Waals surface area contributed by atoms with Gasteiger partial charge < -0.3 is 13.9 Å². The van der Waals surface area contributed by atoms with Crippen molar-refractivity contribution in [1.82, 2.24) is 0 Å². The highest BCUT2D eigenvalue weighted by molar-refractivity contribution is 5.83. The second-order valence-electron chi connectivity index (χ2n) is 11.4. The molecule has 0 N–H and O–H groups in total. The molecule has 32 heavy (non-hydrogen) atoms. The summed E-state index contributed by atoms with van der Waals surface area (Å²) in [6.07, 6.45) is 9.33. The molecule has 1 spiro atoms. The molecule has 5 unspecified atom stereocenters. The minimum atomic E-state index is -0.589. The van der Waals surface area contributed by atoms with Crippen molar-refractivity contribution in [2.45, 2.75) is 85.4 Å². The zero-order valence-electron chi connectivity index (χ0n) is 20.3. The fourth-order valence-electron chi connectivity index (χ4n) is 7.75. The first-order chi connectivity index (χ1) is 14.9. The Balaban J connectivity index is 1.68. The first kappa shape index (κ1) is 21.5. The topological polar surface area (TPSA) is 65.7 Å². The second kappa shape index (κ2) is 6.39. The third kappa shape index (κ3) is 2.51. The Bertz CT molecular complexity index is 1140. The number of ether oxygens (including phenoxy) is 2.